The molecule has 4 heteroatoms. The van der Waals surface area contributed by atoms with E-state index in [0.717, 1.165) is 25.0 Å². The van der Waals surface area contributed by atoms with Crippen LogP contribution in [0.5, 0.6) is 0 Å². The van der Waals surface area contributed by atoms with Crippen LogP contribution >= 0.6 is 0 Å². The highest BCUT2D eigenvalue weighted by atomic mass is 16.3. The molecule has 0 aliphatic heterocycles. The van der Waals surface area contributed by atoms with Gasteiger partial charge >= 0.3 is 0 Å². The van der Waals surface area contributed by atoms with E-state index in [0.29, 0.717) is 24.3 Å². The number of amides is 1. The first kappa shape index (κ1) is 11.2. The maximum absolute atomic E-state index is 11.7. The molecule has 0 spiro atoms. The second-order valence-corrected chi connectivity index (χ2v) is 4.56. The van der Waals surface area contributed by atoms with E-state index < -0.39 is 0 Å². The van der Waals surface area contributed by atoms with Crippen LogP contribution in [0.2, 0.25) is 0 Å². The van der Waals surface area contributed by atoms with Crippen molar-refractivity contribution in [3.8, 4) is 0 Å². The van der Waals surface area contributed by atoms with Gasteiger partial charge in [-0.3, -0.25) is 4.79 Å². The monoisotopic (exact) mass is 222 g/mol. The van der Waals surface area contributed by atoms with Crippen LogP contribution < -0.4 is 11.1 Å². The summed E-state index contributed by atoms with van der Waals surface area (Å²) < 4.78 is 5.24. The number of aryl methyl sites for hydroxylation is 1. The lowest BCUT2D eigenvalue weighted by Gasteiger charge is -2.09. The molecule has 2 atom stereocenters. The number of furan rings is 1. The molecule has 1 aromatic rings. The van der Waals surface area contributed by atoms with Gasteiger partial charge in [0.2, 0.25) is 0 Å². The summed E-state index contributed by atoms with van der Waals surface area (Å²) in [5, 5.41) is 2.89. The highest BCUT2D eigenvalue weighted by Crippen LogP contribution is 2.23. The van der Waals surface area contributed by atoms with Gasteiger partial charge in [0.1, 0.15) is 5.76 Å². The van der Waals surface area contributed by atoms with Crippen molar-refractivity contribution in [2.45, 2.75) is 32.2 Å². The molecule has 0 bridgehead atoms. The fraction of sp³-hybridized carbons (Fsp3) is 0.583. The Morgan fingerprint density at radius 2 is 2.38 bits per heavy atom. The Labute approximate surface area is 95.2 Å². The van der Waals surface area contributed by atoms with E-state index >= 15 is 0 Å². The average molecular weight is 222 g/mol. The lowest BCUT2D eigenvalue weighted by molar-refractivity contribution is 0.0918. The number of hydrogen-bond acceptors (Lipinski definition) is 3. The van der Waals surface area contributed by atoms with Crippen molar-refractivity contribution in [2.75, 3.05) is 6.54 Å². The Bertz CT molecular complexity index is 373. The zero-order valence-electron chi connectivity index (χ0n) is 9.53. The number of nitrogens with one attached hydrogen (secondary N) is 1. The van der Waals surface area contributed by atoms with E-state index in [1.165, 1.54) is 0 Å². The van der Waals surface area contributed by atoms with Gasteiger partial charge < -0.3 is 15.5 Å². The van der Waals surface area contributed by atoms with Crippen LogP contribution in [0.3, 0.4) is 0 Å². The minimum Gasteiger partial charge on any atom is -0.456 e. The van der Waals surface area contributed by atoms with Gasteiger partial charge in [0, 0.05) is 12.6 Å². The van der Waals surface area contributed by atoms with Gasteiger partial charge in [0.15, 0.2) is 5.76 Å². The summed E-state index contributed by atoms with van der Waals surface area (Å²) in [6.07, 6.45) is 3.19. The van der Waals surface area contributed by atoms with Crippen LogP contribution in [0.4, 0.5) is 0 Å². The fourth-order valence-corrected chi connectivity index (χ4v) is 2.18. The third-order valence-corrected chi connectivity index (χ3v) is 3.10. The molecular formula is C12H18N2O2. The van der Waals surface area contributed by atoms with Gasteiger partial charge in [-0.05, 0) is 44.2 Å². The molecule has 2 rings (SSSR count). The van der Waals surface area contributed by atoms with Gasteiger partial charge in [-0.2, -0.15) is 0 Å². The third-order valence-electron chi connectivity index (χ3n) is 3.10. The first-order valence-electron chi connectivity index (χ1n) is 5.75. The predicted octanol–water partition coefficient (Wildman–Crippen LogP) is 1.45. The Balaban J connectivity index is 1.80. The van der Waals surface area contributed by atoms with Crippen molar-refractivity contribution in [3.63, 3.8) is 0 Å². The zero-order valence-corrected chi connectivity index (χ0v) is 9.53. The normalized spacial score (nSPS) is 24.6. The molecular weight excluding hydrogens is 204 g/mol. The van der Waals surface area contributed by atoms with Crippen LogP contribution in [0, 0.1) is 12.8 Å². The maximum atomic E-state index is 11.7. The molecule has 1 saturated carbocycles. The number of rotatable bonds is 3. The quantitative estimate of drug-likeness (QED) is 0.813. The van der Waals surface area contributed by atoms with Gasteiger partial charge in [0.05, 0.1) is 0 Å². The van der Waals surface area contributed by atoms with Crippen molar-refractivity contribution in [3.05, 3.63) is 23.7 Å². The standard InChI is InChI=1S/C12H18N2O2/c1-8-2-5-11(16-8)12(15)14-7-9-3-4-10(13)6-9/h2,5,9-10H,3-4,6-7,13H2,1H3,(H,14,15). The summed E-state index contributed by atoms with van der Waals surface area (Å²) in [5.74, 6) is 1.54. The Morgan fingerprint density at radius 1 is 1.56 bits per heavy atom. The highest BCUT2D eigenvalue weighted by Gasteiger charge is 2.22. The topological polar surface area (TPSA) is 68.3 Å². The SMILES string of the molecule is Cc1ccc(C(=O)NCC2CCC(N)C2)o1. The number of nitrogens with two attached hydrogens (primary N) is 1. The first-order chi connectivity index (χ1) is 7.65. The molecule has 0 aromatic carbocycles. The van der Waals surface area contributed by atoms with Crippen LogP contribution in [0.15, 0.2) is 16.5 Å². The van der Waals surface area contributed by atoms with E-state index in [-0.39, 0.29) is 5.91 Å². The smallest absolute Gasteiger partial charge is 0.287 e. The zero-order chi connectivity index (χ0) is 11.5. The highest BCUT2D eigenvalue weighted by molar-refractivity contribution is 5.91. The molecule has 3 N–H and O–H groups in total. The largest absolute Gasteiger partial charge is 0.456 e. The van der Waals surface area contributed by atoms with Crippen LogP contribution in [0.1, 0.15) is 35.6 Å². The predicted molar refractivity (Wildman–Crippen MR) is 61.1 cm³/mol. The number of carbonyl (C=O) groups excluding carboxylic acids is 1. The second kappa shape index (κ2) is 4.70. The fourth-order valence-electron chi connectivity index (χ4n) is 2.18. The second-order valence-electron chi connectivity index (χ2n) is 4.56. The van der Waals surface area contributed by atoms with Gasteiger partial charge in [-0.1, -0.05) is 0 Å². The molecule has 0 saturated heterocycles. The van der Waals surface area contributed by atoms with Gasteiger partial charge in [-0.15, -0.1) is 0 Å². The summed E-state index contributed by atoms with van der Waals surface area (Å²) in [7, 11) is 0. The average Bonchev–Trinajstić information content (AvgIpc) is 2.84. The molecule has 16 heavy (non-hydrogen) atoms. The van der Waals surface area contributed by atoms with Crippen LogP contribution in [-0.2, 0) is 0 Å². The Kier molecular flexibility index (Phi) is 3.29. The van der Waals surface area contributed by atoms with E-state index in [4.69, 9.17) is 10.2 Å². The molecule has 1 heterocycles. The number of hydrogen-bond donors (Lipinski definition) is 2. The number of carbonyl (C=O) groups is 1. The Hall–Kier alpha value is -1.29. The summed E-state index contributed by atoms with van der Waals surface area (Å²) in [6, 6.07) is 3.80. The summed E-state index contributed by atoms with van der Waals surface area (Å²) >= 11 is 0. The Morgan fingerprint density at radius 3 is 2.94 bits per heavy atom. The summed E-state index contributed by atoms with van der Waals surface area (Å²) in [6.45, 7) is 2.53. The lowest BCUT2D eigenvalue weighted by Crippen LogP contribution is -2.28. The summed E-state index contributed by atoms with van der Waals surface area (Å²) in [4.78, 5) is 11.7. The van der Waals surface area contributed by atoms with E-state index in [1.807, 2.05) is 6.92 Å². The van der Waals surface area contributed by atoms with Crippen LogP contribution in [-0.4, -0.2) is 18.5 Å². The minimum absolute atomic E-state index is 0.131. The molecule has 1 amide bonds. The maximum Gasteiger partial charge on any atom is 0.287 e. The molecule has 0 radical (unpaired) electrons. The molecule has 4 nitrogen and oxygen atoms in total. The lowest BCUT2D eigenvalue weighted by atomic mass is 10.1. The molecule has 2 unspecified atom stereocenters. The van der Waals surface area contributed by atoms with Crippen LogP contribution in [0.25, 0.3) is 0 Å². The molecule has 1 fully saturated rings. The van der Waals surface area contributed by atoms with Gasteiger partial charge in [-0.25, -0.2) is 0 Å². The third kappa shape index (κ3) is 2.64. The van der Waals surface area contributed by atoms with E-state index in [1.54, 1.807) is 12.1 Å². The molecule has 1 aliphatic rings. The van der Waals surface area contributed by atoms with E-state index in [2.05, 4.69) is 5.32 Å². The van der Waals surface area contributed by atoms with Crippen molar-refractivity contribution in [2.24, 2.45) is 11.7 Å². The molecule has 1 aliphatic carbocycles. The van der Waals surface area contributed by atoms with Crippen molar-refractivity contribution in [1.29, 1.82) is 0 Å². The van der Waals surface area contributed by atoms with Crippen molar-refractivity contribution < 1.29 is 9.21 Å². The summed E-state index contributed by atoms with van der Waals surface area (Å²) in [5.41, 5.74) is 5.81. The minimum atomic E-state index is -0.131. The first-order valence-corrected chi connectivity index (χ1v) is 5.75. The van der Waals surface area contributed by atoms with E-state index in [9.17, 15) is 4.79 Å². The molecule has 88 valence electrons. The molecule has 1 aromatic heterocycles. The van der Waals surface area contributed by atoms with Crippen molar-refractivity contribution >= 4 is 5.91 Å². The van der Waals surface area contributed by atoms with Gasteiger partial charge in [0.25, 0.3) is 5.91 Å². The van der Waals surface area contributed by atoms with Crippen molar-refractivity contribution in [1.82, 2.24) is 5.32 Å².